The second kappa shape index (κ2) is 9.71. The Bertz CT molecular complexity index is 1280. The standard InChI is InChI=1S/C26H23ClN4O2/c1-18(32)30(2)16-19-7-6-8-22(15-19)28-26(33)24-17-31(23-9-4-3-5-10-23)29-25(24)20-11-13-21(27)14-12-20/h3-15,17H,16H2,1-2H3,(H,28,33). The first-order chi connectivity index (χ1) is 15.9. The molecular formula is C26H23ClN4O2. The van der Waals surface area contributed by atoms with E-state index >= 15 is 0 Å². The lowest BCUT2D eigenvalue weighted by atomic mass is 10.1. The van der Waals surface area contributed by atoms with Crippen LogP contribution in [0.4, 0.5) is 5.69 Å². The molecule has 0 unspecified atom stereocenters. The third-order valence-corrected chi connectivity index (χ3v) is 5.49. The topological polar surface area (TPSA) is 67.2 Å². The highest BCUT2D eigenvalue weighted by Crippen LogP contribution is 2.26. The van der Waals surface area contributed by atoms with Crippen LogP contribution in [0.3, 0.4) is 0 Å². The fourth-order valence-corrected chi connectivity index (χ4v) is 3.53. The normalized spacial score (nSPS) is 10.6. The Labute approximate surface area is 197 Å². The van der Waals surface area contributed by atoms with Crippen LogP contribution < -0.4 is 5.32 Å². The summed E-state index contributed by atoms with van der Waals surface area (Å²) in [6, 6.07) is 24.3. The van der Waals surface area contributed by atoms with Crippen molar-refractivity contribution in [1.82, 2.24) is 14.7 Å². The fourth-order valence-electron chi connectivity index (χ4n) is 3.41. The Morgan fingerprint density at radius 3 is 2.42 bits per heavy atom. The van der Waals surface area contributed by atoms with Crippen LogP contribution in [-0.2, 0) is 11.3 Å². The molecule has 0 aliphatic rings. The molecule has 0 aliphatic carbocycles. The summed E-state index contributed by atoms with van der Waals surface area (Å²) >= 11 is 6.05. The van der Waals surface area contributed by atoms with Crippen molar-refractivity contribution in [1.29, 1.82) is 0 Å². The number of carbonyl (C=O) groups excluding carboxylic acids is 2. The van der Waals surface area contributed by atoms with Crippen molar-refractivity contribution < 1.29 is 9.59 Å². The monoisotopic (exact) mass is 458 g/mol. The van der Waals surface area contributed by atoms with Gasteiger partial charge >= 0.3 is 0 Å². The molecule has 0 aliphatic heterocycles. The lowest BCUT2D eigenvalue weighted by molar-refractivity contribution is -0.128. The minimum absolute atomic E-state index is 0.0228. The average Bonchev–Trinajstić information content (AvgIpc) is 3.26. The maximum Gasteiger partial charge on any atom is 0.259 e. The van der Waals surface area contributed by atoms with E-state index in [0.717, 1.165) is 16.8 Å². The summed E-state index contributed by atoms with van der Waals surface area (Å²) in [6.45, 7) is 1.98. The molecule has 0 bridgehead atoms. The first-order valence-corrected chi connectivity index (χ1v) is 10.8. The number of nitrogens with one attached hydrogen (secondary N) is 1. The molecule has 0 spiro atoms. The molecule has 0 radical (unpaired) electrons. The molecule has 166 valence electrons. The van der Waals surface area contributed by atoms with Gasteiger partial charge in [0.1, 0.15) is 5.69 Å². The van der Waals surface area contributed by atoms with Gasteiger partial charge in [0.25, 0.3) is 5.91 Å². The Hall–Kier alpha value is -3.90. The Morgan fingerprint density at radius 1 is 1.00 bits per heavy atom. The third-order valence-electron chi connectivity index (χ3n) is 5.24. The molecular weight excluding hydrogens is 436 g/mol. The van der Waals surface area contributed by atoms with Gasteiger partial charge in [0.15, 0.2) is 0 Å². The number of benzene rings is 3. The van der Waals surface area contributed by atoms with Gasteiger partial charge in [0.2, 0.25) is 5.91 Å². The van der Waals surface area contributed by atoms with Gasteiger partial charge in [-0.25, -0.2) is 4.68 Å². The molecule has 0 saturated carbocycles. The van der Waals surface area contributed by atoms with Crippen molar-refractivity contribution in [2.75, 3.05) is 12.4 Å². The van der Waals surface area contributed by atoms with Gasteiger partial charge in [0.05, 0.1) is 11.3 Å². The number of hydrogen-bond donors (Lipinski definition) is 1. The maximum atomic E-state index is 13.3. The summed E-state index contributed by atoms with van der Waals surface area (Å²) < 4.78 is 1.69. The first-order valence-electron chi connectivity index (χ1n) is 10.4. The van der Waals surface area contributed by atoms with E-state index in [0.29, 0.717) is 28.5 Å². The van der Waals surface area contributed by atoms with Crippen molar-refractivity contribution >= 4 is 29.1 Å². The fraction of sp³-hybridized carbons (Fsp3) is 0.115. The number of hydrogen-bond acceptors (Lipinski definition) is 3. The predicted molar refractivity (Wildman–Crippen MR) is 131 cm³/mol. The largest absolute Gasteiger partial charge is 0.342 e. The van der Waals surface area contributed by atoms with E-state index in [2.05, 4.69) is 10.4 Å². The Morgan fingerprint density at radius 2 is 1.73 bits per heavy atom. The van der Waals surface area contributed by atoms with E-state index in [1.807, 2.05) is 66.7 Å². The molecule has 0 fully saturated rings. The smallest absolute Gasteiger partial charge is 0.259 e. The van der Waals surface area contributed by atoms with Crippen LogP contribution in [0.15, 0.2) is 85.1 Å². The summed E-state index contributed by atoms with van der Waals surface area (Å²) in [4.78, 5) is 26.5. The zero-order chi connectivity index (χ0) is 23.4. The summed E-state index contributed by atoms with van der Waals surface area (Å²) in [5.41, 5.74) is 4.19. The minimum Gasteiger partial charge on any atom is -0.342 e. The Kier molecular flexibility index (Phi) is 6.56. The first kappa shape index (κ1) is 22.3. The molecule has 6 nitrogen and oxygen atoms in total. The number of halogens is 1. The van der Waals surface area contributed by atoms with Gasteiger partial charge in [-0.2, -0.15) is 5.10 Å². The third kappa shape index (κ3) is 5.30. The number of anilines is 1. The average molecular weight is 459 g/mol. The van der Waals surface area contributed by atoms with Crippen molar-refractivity contribution in [2.45, 2.75) is 13.5 Å². The van der Waals surface area contributed by atoms with E-state index in [9.17, 15) is 9.59 Å². The molecule has 0 atom stereocenters. The van der Waals surface area contributed by atoms with E-state index in [-0.39, 0.29) is 11.8 Å². The van der Waals surface area contributed by atoms with Gasteiger partial charge in [-0.3, -0.25) is 9.59 Å². The van der Waals surface area contributed by atoms with Crippen LogP contribution in [0.2, 0.25) is 5.02 Å². The molecule has 3 aromatic carbocycles. The van der Waals surface area contributed by atoms with Gasteiger partial charge in [0, 0.05) is 43.0 Å². The summed E-state index contributed by atoms with van der Waals surface area (Å²) in [5, 5.41) is 8.26. The molecule has 33 heavy (non-hydrogen) atoms. The van der Waals surface area contributed by atoms with Gasteiger partial charge < -0.3 is 10.2 Å². The van der Waals surface area contributed by atoms with Crippen molar-refractivity contribution in [3.8, 4) is 16.9 Å². The molecule has 1 aromatic heterocycles. The van der Waals surface area contributed by atoms with Crippen LogP contribution in [-0.4, -0.2) is 33.5 Å². The van der Waals surface area contributed by atoms with Crippen LogP contribution in [0.25, 0.3) is 16.9 Å². The lowest BCUT2D eigenvalue weighted by Crippen LogP contribution is -2.23. The molecule has 4 aromatic rings. The lowest BCUT2D eigenvalue weighted by Gasteiger charge is -2.15. The Balaban J connectivity index is 1.66. The second-order valence-electron chi connectivity index (χ2n) is 7.71. The number of amides is 2. The molecule has 1 heterocycles. The second-order valence-corrected chi connectivity index (χ2v) is 8.14. The number of aromatic nitrogens is 2. The predicted octanol–water partition coefficient (Wildman–Crippen LogP) is 5.42. The van der Waals surface area contributed by atoms with Crippen molar-refractivity contribution in [2.24, 2.45) is 0 Å². The molecule has 0 saturated heterocycles. The van der Waals surface area contributed by atoms with E-state index in [1.165, 1.54) is 6.92 Å². The summed E-state index contributed by atoms with van der Waals surface area (Å²) in [6.07, 6.45) is 1.72. The quantitative estimate of drug-likeness (QED) is 0.419. The number of nitrogens with zero attached hydrogens (tertiary/aromatic N) is 3. The highest BCUT2D eigenvalue weighted by molar-refractivity contribution is 6.30. The van der Waals surface area contributed by atoms with Crippen molar-refractivity contribution in [3.63, 3.8) is 0 Å². The zero-order valence-corrected chi connectivity index (χ0v) is 19.1. The molecule has 1 N–H and O–H groups in total. The number of carbonyl (C=O) groups is 2. The molecule has 2 amide bonds. The van der Waals surface area contributed by atoms with E-state index in [1.54, 1.807) is 35.0 Å². The van der Waals surface area contributed by atoms with Crippen LogP contribution in [0, 0.1) is 0 Å². The van der Waals surface area contributed by atoms with Gasteiger partial charge in [-0.1, -0.05) is 54.1 Å². The van der Waals surface area contributed by atoms with Crippen LogP contribution in [0.1, 0.15) is 22.8 Å². The van der Waals surface area contributed by atoms with Gasteiger partial charge in [-0.05, 0) is 42.0 Å². The molecule has 7 heteroatoms. The number of rotatable bonds is 6. The van der Waals surface area contributed by atoms with Gasteiger partial charge in [-0.15, -0.1) is 0 Å². The highest BCUT2D eigenvalue weighted by atomic mass is 35.5. The summed E-state index contributed by atoms with van der Waals surface area (Å²) in [5.74, 6) is -0.301. The van der Waals surface area contributed by atoms with Crippen LogP contribution in [0.5, 0.6) is 0 Å². The molecule has 4 rings (SSSR count). The minimum atomic E-state index is -0.279. The van der Waals surface area contributed by atoms with E-state index in [4.69, 9.17) is 11.6 Å². The zero-order valence-electron chi connectivity index (χ0n) is 18.3. The maximum absolute atomic E-state index is 13.3. The van der Waals surface area contributed by atoms with Crippen LogP contribution >= 0.6 is 11.6 Å². The van der Waals surface area contributed by atoms with E-state index < -0.39 is 0 Å². The highest BCUT2D eigenvalue weighted by Gasteiger charge is 2.19. The van der Waals surface area contributed by atoms with Crippen molar-refractivity contribution in [3.05, 3.63) is 101 Å². The summed E-state index contributed by atoms with van der Waals surface area (Å²) in [7, 11) is 1.74. The number of para-hydroxylation sites is 1. The SMILES string of the molecule is CC(=O)N(C)Cc1cccc(NC(=O)c2cn(-c3ccccc3)nc2-c2ccc(Cl)cc2)c1.